The summed E-state index contributed by atoms with van der Waals surface area (Å²) in [5.41, 5.74) is 1.40. The van der Waals surface area contributed by atoms with Crippen LogP contribution in [0.2, 0.25) is 0 Å². The molecule has 0 aliphatic rings. The second-order valence-electron chi connectivity index (χ2n) is 5.55. The van der Waals surface area contributed by atoms with Gasteiger partial charge < -0.3 is 10.4 Å². The molecule has 21 heavy (non-hydrogen) atoms. The van der Waals surface area contributed by atoms with Crippen LogP contribution >= 0.6 is 11.8 Å². The smallest absolute Gasteiger partial charge is 0.311 e. The Labute approximate surface area is 130 Å². The van der Waals surface area contributed by atoms with Gasteiger partial charge in [-0.05, 0) is 38.8 Å². The number of nitrogens with one attached hydrogen (secondary N) is 1. The maximum absolute atomic E-state index is 11.9. The van der Waals surface area contributed by atoms with E-state index in [1.54, 1.807) is 6.92 Å². The average Bonchev–Trinajstić information content (AvgIpc) is 2.45. The van der Waals surface area contributed by atoms with Crippen molar-refractivity contribution in [2.75, 3.05) is 12.3 Å². The number of benzene rings is 1. The van der Waals surface area contributed by atoms with Crippen molar-refractivity contribution in [1.29, 1.82) is 0 Å². The number of carboxylic acid groups (broad SMARTS) is 1. The van der Waals surface area contributed by atoms with Crippen LogP contribution in [0, 0.1) is 19.3 Å². The molecule has 1 unspecified atom stereocenters. The van der Waals surface area contributed by atoms with Gasteiger partial charge in [0.05, 0.1) is 11.2 Å². The lowest BCUT2D eigenvalue weighted by atomic mass is 9.88. The fraction of sp³-hybridized carbons (Fsp3) is 0.500. The van der Waals surface area contributed by atoms with E-state index in [1.807, 2.05) is 32.9 Å². The first kappa shape index (κ1) is 17.6. The first-order chi connectivity index (χ1) is 9.78. The minimum atomic E-state index is -0.903. The molecule has 0 fully saturated rings. The molecule has 2 N–H and O–H groups in total. The highest BCUT2D eigenvalue weighted by Crippen LogP contribution is 2.24. The summed E-state index contributed by atoms with van der Waals surface area (Å²) in [6.07, 6.45) is 0.479. The third kappa shape index (κ3) is 5.08. The second-order valence-corrected chi connectivity index (χ2v) is 6.57. The Balaban J connectivity index is 2.51. The van der Waals surface area contributed by atoms with Crippen molar-refractivity contribution in [3.05, 3.63) is 29.3 Å². The molecule has 0 radical (unpaired) electrons. The van der Waals surface area contributed by atoms with Gasteiger partial charge >= 0.3 is 5.97 Å². The molecule has 1 rings (SSSR count). The molecule has 0 spiro atoms. The van der Waals surface area contributed by atoms with Crippen molar-refractivity contribution in [3.8, 4) is 0 Å². The predicted molar refractivity (Wildman–Crippen MR) is 85.7 cm³/mol. The lowest BCUT2D eigenvalue weighted by molar-refractivity contribution is -0.148. The zero-order valence-corrected chi connectivity index (χ0v) is 13.8. The van der Waals surface area contributed by atoms with E-state index in [1.165, 1.54) is 11.8 Å². The first-order valence-corrected chi connectivity index (χ1v) is 7.97. The number of hydrogen-bond donors (Lipinski definition) is 2. The maximum atomic E-state index is 11.9. The number of carbonyl (C=O) groups is 2. The van der Waals surface area contributed by atoms with Crippen LogP contribution in [-0.4, -0.2) is 29.3 Å². The average molecular weight is 309 g/mol. The molecule has 0 aliphatic heterocycles. The van der Waals surface area contributed by atoms with Gasteiger partial charge in [-0.2, -0.15) is 0 Å². The van der Waals surface area contributed by atoms with Crippen molar-refractivity contribution in [3.63, 3.8) is 0 Å². The van der Waals surface area contributed by atoms with Crippen LogP contribution < -0.4 is 5.32 Å². The number of rotatable bonds is 7. The summed E-state index contributed by atoms with van der Waals surface area (Å²) >= 11 is 1.48. The summed E-state index contributed by atoms with van der Waals surface area (Å²) in [5, 5.41) is 11.9. The minimum Gasteiger partial charge on any atom is -0.481 e. The van der Waals surface area contributed by atoms with Gasteiger partial charge in [-0.25, -0.2) is 0 Å². The zero-order chi connectivity index (χ0) is 16.0. The van der Waals surface area contributed by atoms with Crippen molar-refractivity contribution >= 4 is 23.6 Å². The molecule has 0 saturated heterocycles. The predicted octanol–water partition coefficient (Wildman–Crippen LogP) is 3.01. The van der Waals surface area contributed by atoms with E-state index in [0.29, 0.717) is 12.2 Å². The van der Waals surface area contributed by atoms with Crippen LogP contribution in [0.15, 0.2) is 23.1 Å². The van der Waals surface area contributed by atoms with E-state index < -0.39 is 11.4 Å². The molecule has 5 heteroatoms. The van der Waals surface area contributed by atoms with Gasteiger partial charge in [0.25, 0.3) is 0 Å². The third-order valence-electron chi connectivity index (χ3n) is 3.67. The van der Waals surface area contributed by atoms with Crippen molar-refractivity contribution in [2.45, 2.75) is 39.0 Å². The number of aryl methyl sites for hydroxylation is 2. The molecule has 1 aromatic rings. The summed E-state index contributed by atoms with van der Waals surface area (Å²) in [5.74, 6) is -0.724. The van der Waals surface area contributed by atoms with E-state index in [0.717, 1.165) is 16.0 Å². The van der Waals surface area contributed by atoms with Gasteiger partial charge in [-0.1, -0.05) is 24.6 Å². The maximum Gasteiger partial charge on any atom is 0.311 e. The normalized spacial score (nSPS) is 13.5. The van der Waals surface area contributed by atoms with Crippen LogP contribution in [0.4, 0.5) is 0 Å². The largest absolute Gasteiger partial charge is 0.481 e. The minimum absolute atomic E-state index is 0.137. The number of carboxylic acids is 1. The molecule has 0 bridgehead atoms. The van der Waals surface area contributed by atoms with Crippen LogP contribution in [0.5, 0.6) is 0 Å². The summed E-state index contributed by atoms with van der Waals surface area (Å²) in [6, 6.07) is 6.13. The Morgan fingerprint density at radius 3 is 2.57 bits per heavy atom. The van der Waals surface area contributed by atoms with Gasteiger partial charge in [0.15, 0.2) is 0 Å². The van der Waals surface area contributed by atoms with Crippen LogP contribution in [-0.2, 0) is 9.59 Å². The fourth-order valence-corrected chi connectivity index (χ4v) is 2.66. The van der Waals surface area contributed by atoms with Crippen LogP contribution in [0.3, 0.4) is 0 Å². The molecule has 116 valence electrons. The molecule has 0 saturated carbocycles. The number of thioether (sulfide) groups is 1. The van der Waals surface area contributed by atoms with E-state index >= 15 is 0 Å². The fourth-order valence-electron chi connectivity index (χ4n) is 1.70. The highest BCUT2D eigenvalue weighted by Gasteiger charge is 2.31. The molecule has 4 nitrogen and oxygen atoms in total. The molecule has 1 atom stereocenters. The standard InChI is InChI=1S/C16H23NO3S/c1-5-16(4,15(19)20)10-17-14(18)9-21-13-8-11(2)6-7-12(13)3/h6-8H,5,9-10H2,1-4H3,(H,17,18)(H,19,20). The molecule has 0 heterocycles. The van der Waals surface area contributed by atoms with Gasteiger partial charge in [0, 0.05) is 11.4 Å². The van der Waals surface area contributed by atoms with E-state index in [9.17, 15) is 9.59 Å². The van der Waals surface area contributed by atoms with Gasteiger partial charge in [-0.3, -0.25) is 9.59 Å². The monoisotopic (exact) mass is 309 g/mol. The lowest BCUT2D eigenvalue weighted by Gasteiger charge is -2.23. The lowest BCUT2D eigenvalue weighted by Crippen LogP contribution is -2.41. The SMILES string of the molecule is CCC(C)(CNC(=O)CSc1cc(C)ccc1C)C(=O)O. The summed E-state index contributed by atoms with van der Waals surface area (Å²) < 4.78 is 0. The highest BCUT2D eigenvalue weighted by molar-refractivity contribution is 8.00. The molecule has 0 aromatic heterocycles. The second kappa shape index (κ2) is 7.50. The van der Waals surface area contributed by atoms with E-state index in [2.05, 4.69) is 11.4 Å². The quantitative estimate of drug-likeness (QED) is 0.760. The summed E-state index contributed by atoms with van der Waals surface area (Å²) in [7, 11) is 0. The van der Waals surface area contributed by atoms with Gasteiger partial charge in [0.1, 0.15) is 0 Å². The number of hydrogen-bond acceptors (Lipinski definition) is 3. The van der Waals surface area contributed by atoms with Gasteiger partial charge in [-0.15, -0.1) is 11.8 Å². The summed E-state index contributed by atoms with van der Waals surface area (Å²) in [6.45, 7) is 7.64. The van der Waals surface area contributed by atoms with Crippen molar-refractivity contribution in [2.24, 2.45) is 5.41 Å². The van der Waals surface area contributed by atoms with Gasteiger partial charge in [0.2, 0.25) is 5.91 Å². The Morgan fingerprint density at radius 2 is 2.00 bits per heavy atom. The number of carbonyl (C=O) groups excluding carboxylic acids is 1. The van der Waals surface area contributed by atoms with E-state index in [-0.39, 0.29) is 12.5 Å². The zero-order valence-electron chi connectivity index (χ0n) is 13.0. The number of amides is 1. The third-order valence-corrected chi connectivity index (χ3v) is 4.83. The van der Waals surface area contributed by atoms with E-state index in [4.69, 9.17) is 5.11 Å². The molecule has 1 aromatic carbocycles. The van der Waals surface area contributed by atoms with Crippen molar-refractivity contribution in [1.82, 2.24) is 5.32 Å². The Morgan fingerprint density at radius 1 is 1.33 bits per heavy atom. The number of aliphatic carboxylic acids is 1. The highest BCUT2D eigenvalue weighted by atomic mass is 32.2. The molecule has 0 aliphatic carbocycles. The molecular formula is C16H23NO3S. The Kier molecular flexibility index (Phi) is 6.27. The first-order valence-electron chi connectivity index (χ1n) is 6.98. The van der Waals surface area contributed by atoms with Crippen LogP contribution in [0.1, 0.15) is 31.4 Å². The topological polar surface area (TPSA) is 66.4 Å². The summed E-state index contributed by atoms with van der Waals surface area (Å²) in [4.78, 5) is 24.1. The van der Waals surface area contributed by atoms with Crippen molar-refractivity contribution < 1.29 is 14.7 Å². The Hall–Kier alpha value is -1.49. The Bertz CT molecular complexity index is 530. The molecule has 1 amide bonds. The molecular weight excluding hydrogens is 286 g/mol. The van der Waals surface area contributed by atoms with Crippen LogP contribution in [0.25, 0.3) is 0 Å².